The molecule has 0 saturated heterocycles. The Balaban J connectivity index is 2.02. The number of fused-ring (bicyclic) bond motifs is 1. The highest BCUT2D eigenvalue weighted by Gasteiger charge is 2.31. The van der Waals surface area contributed by atoms with Crippen LogP contribution in [0.25, 0.3) is 0 Å². The van der Waals surface area contributed by atoms with Crippen LogP contribution in [0.4, 0.5) is 0 Å². The van der Waals surface area contributed by atoms with Crippen molar-refractivity contribution in [2.24, 2.45) is 5.73 Å². The van der Waals surface area contributed by atoms with E-state index in [1.165, 1.54) is 30.0 Å². The number of rotatable bonds is 6. The maximum absolute atomic E-state index is 12.7. The lowest BCUT2D eigenvalue weighted by molar-refractivity contribution is -0.142. The smallest absolute Gasteiger partial charge is 0.322 e. The number of carbonyl (C=O) groups is 2. The molecule has 120 valence electrons. The molecule has 0 fully saturated rings. The number of nitrogens with two attached hydrogens (primary N) is 1. The van der Waals surface area contributed by atoms with Gasteiger partial charge in [0.05, 0.1) is 18.4 Å². The summed E-state index contributed by atoms with van der Waals surface area (Å²) in [5, 5.41) is 2.98. The van der Waals surface area contributed by atoms with Gasteiger partial charge in [-0.2, -0.15) is 11.8 Å². The van der Waals surface area contributed by atoms with Gasteiger partial charge in [0.1, 0.15) is 6.04 Å². The zero-order valence-corrected chi connectivity index (χ0v) is 13.7. The molecule has 1 aliphatic heterocycles. The second kappa shape index (κ2) is 7.76. The van der Waals surface area contributed by atoms with E-state index in [-0.39, 0.29) is 17.1 Å². The number of benzene rings is 1. The highest BCUT2D eigenvalue weighted by molar-refractivity contribution is 7.99. The molecule has 1 aromatic carbocycles. The summed E-state index contributed by atoms with van der Waals surface area (Å²) in [5.41, 5.74) is 8.23. The van der Waals surface area contributed by atoms with E-state index in [9.17, 15) is 9.59 Å². The fraction of sp³-hybridized carbons (Fsp3) is 0.500. The van der Waals surface area contributed by atoms with Gasteiger partial charge in [-0.15, -0.1) is 0 Å². The molecule has 2 rings (SSSR count). The van der Waals surface area contributed by atoms with Crippen molar-refractivity contribution in [1.29, 1.82) is 0 Å². The third-order valence-corrected chi connectivity index (χ3v) is 4.99. The molecule has 0 bridgehead atoms. The minimum absolute atomic E-state index is 0.0985. The van der Waals surface area contributed by atoms with Crippen LogP contribution in [0.15, 0.2) is 24.3 Å². The summed E-state index contributed by atoms with van der Waals surface area (Å²) in [5.74, 6) is -0.379. The van der Waals surface area contributed by atoms with Crippen molar-refractivity contribution in [1.82, 2.24) is 5.32 Å². The molecule has 3 atom stereocenters. The van der Waals surface area contributed by atoms with Crippen LogP contribution in [0.1, 0.15) is 17.5 Å². The highest BCUT2D eigenvalue weighted by atomic mass is 32.2. The summed E-state index contributed by atoms with van der Waals surface area (Å²) in [7, 11) is 1.30. The third kappa shape index (κ3) is 3.88. The Hall–Kier alpha value is -1.37. The van der Waals surface area contributed by atoms with E-state index >= 15 is 0 Å². The van der Waals surface area contributed by atoms with E-state index in [2.05, 4.69) is 22.2 Å². The van der Waals surface area contributed by atoms with E-state index in [0.717, 1.165) is 0 Å². The summed E-state index contributed by atoms with van der Waals surface area (Å²) in [6.07, 6.45) is 2.84. The molecule has 22 heavy (non-hydrogen) atoms. The van der Waals surface area contributed by atoms with Crippen LogP contribution >= 0.6 is 11.8 Å². The fourth-order valence-corrected chi connectivity index (χ4v) is 3.48. The molecular formula is C16H22N2O3S. The van der Waals surface area contributed by atoms with Crippen molar-refractivity contribution < 1.29 is 14.3 Å². The van der Waals surface area contributed by atoms with Crippen LogP contribution in [0.3, 0.4) is 0 Å². The minimum Gasteiger partial charge on any atom is -0.468 e. The first kappa shape index (κ1) is 17.0. The molecule has 1 heterocycles. The summed E-state index contributed by atoms with van der Waals surface area (Å²) in [4.78, 5) is 24.1. The number of Topliss-reactive ketones (excluding diaryl/α,β-unsaturated/α-hetero) is 1. The monoisotopic (exact) mass is 322 g/mol. The van der Waals surface area contributed by atoms with Crippen LogP contribution in [0.5, 0.6) is 0 Å². The molecule has 0 saturated carbocycles. The lowest BCUT2D eigenvalue weighted by Crippen LogP contribution is -2.47. The van der Waals surface area contributed by atoms with Crippen molar-refractivity contribution in [3.05, 3.63) is 35.4 Å². The molecule has 0 radical (unpaired) electrons. The van der Waals surface area contributed by atoms with Gasteiger partial charge in [0.15, 0.2) is 5.78 Å². The van der Waals surface area contributed by atoms with Gasteiger partial charge in [0.2, 0.25) is 0 Å². The Morgan fingerprint density at radius 2 is 2.09 bits per heavy atom. The standard InChI is InChI=1S/C16H22N2O3S/c1-21-16(20)12(17)8-14(22-2)15(19)13-7-10-5-3-4-6-11(10)9-18-13/h3-6,12-14,18H,7-9,17H2,1-2H3/t12-,13-,14?/m0/s1. The van der Waals surface area contributed by atoms with E-state index in [1.807, 2.05) is 18.4 Å². The Morgan fingerprint density at radius 1 is 1.41 bits per heavy atom. The topological polar surface area (TPSA) is 81.4 Å². The molecule has 0 aliphatic carbocycles. The molecule has 5 nitrogen and oxygen atoms in total. The number of ketones is 1. The van der Waals surface area contributed by atoms with E-state index in [0.29, 0.717) is 19.4 Å². The molecule has 1 unspecified atom stereocenters. The molecule has 0 amide bonds. The molecular weight excluding hydrogens is 300 g/mol. The van der Waals surface area contributed by atoms with E-state index in [4.69, 9.17) is 5.73 Å². The molecule has 1 aliphatic rings. The number of thioether (sulfide) groups is 1. The van der Waals surface area contributed by atoms with Crippen LogP contribution in [0, 0.1) is 0 Å². The first-order valence-corrected chi connectivity index (χ1v) is 8.55. The predicted octanol–water partition coefficient (Wildman–Crippen LogP) is 0.892. The number of ether oxygens (including phenoxy) is 1. The number of carbonyl (C=O) groups excluding carboxylic acids is 2. The summed E-state index contributed by atoms with van der Waals surface area (Å²) in [6, 6.07) is 7.14. The zero-order valence-electron chi connectivity index (χ0n) is 12.9. The van der Waals surface area contributed by atoms with Gasteiger partial charge in [-0.1, -0.05) is 24.3 Å². The highest BCUT2D eigenvalue weighted by Crippen LogP contribution is 2.22. The van der Waals surface area contributed by atoms with Gasteiger partial charge in [0, 0.05) is 6.54 Å². The van der Waals surface area contributed by atoms with Crippen molar-refractivity contribution >= 4 is 23.5 Å². The minimum atomic E-state index is -0.762. The van der Waals surface area contributed by atoms with Crippen molar-refractivity contribution in [2.75, 3.05) is 13.4 Å². The maximum atomic E-state index is 12.7. The average molecular weight is 322 g/mol. The number of esters is 1. The van der Waals surface area contributed by atoms with Gasteiger partial charge < -0.3 is 15.8 Å². The number of nitrogens with one attached hydrogen (secondary N) is 1. The van der Waals surface area contributed by atoms with Crippen LogP contribution in [-0.2, 0) is 27.3 Å². The SMILES string of the molecule is COC(=O)[C@@H](N)CC(SC)C(=O)[C@@H]1Cc2ccccc2CN1. The zero-order chi connectivity index (χ0) is 16.1. The molecule has 0 aromatic heterocycles. The number of hydrogen-bond donors (Lipinski definition) is 2. The second-order valence-corrected chi connectivity index (χ2v) is 6.44. The lowest BCUT2D eigenvalue weighted by Gasteiger charge is -2.28. The fourth-order valence-electron chi connectivity index (χ4n) is 2.69. The van der Waals surface area contributed by atoms with Gasteiger partial charge >= 0.3 is 5.97 Å². The number of methoxy groups -OCH3 is 1. The van der Waals surface area contributed by atoms with Gasteiger partial charge in [-0.3, -0.25) is 9.59 Å². The summed E-state index contributed by atoms with van der Waals surface area (Å²) >= 11 is 1.43. The molecule has 6 heteroatoms. The van der Waals surface area contributed by atoms with Gasteiger partial charge in [-0.05, 0) is 30.2 Å². The normalized spacial score (nSPS) is 19.9. The predicted molar refractivity (Wildman–Crippen MR) is 87.7 cm³/mol. The second-order valence-electron chi connectivity index (χ2n) is 5.40. The first-order chi connectivity index (χ1) is 10.6. The Bertz CT molecular complexity index is 550. The van der Waals surface area contributed by atoms with E-state index in [1.54, 1.807) is 0 Å². The van der Waals surface area contributed by atoms with Gasteiger partial charge in [-0.25, -0.2) is 0 Å². The molecule has 3 N–H and O–H groups in total. The molecule has 1 aromatic rings. The van der Waals surface area contributed by atoms with Gasteiger partial charge in [0.25, 0.3) is 0 Å². The number of hydrogen-bond acceptors (Lipinski definition) is 6. The Morgan fingerprint density at radius 3 is 2.73 bits per heavy atom. The third-order valence-electron chi connectivity index (χ3n) is 4.00. The van der Waals surface area contributed by atoms with Crippen LogP contribution in [0.2, 0.25) is 0 Å². The quantitative estimate of drug-likeness (QED) is 0.757. The largest absolute Gasteiger partial charge is 0.468 e. The maximum Gasteiger partial charge on any atom is 0.322 e. The van der Waals surface area contributed by atoms with Crippen molar-refractivity contribution in [3.63, 3.8) is 0 Å². The summed E-state index contributed by atoms with van der Waals surface area (Å²) in [6.45, 7) is 0.691. The van der Waals surface area contributed by atoms with Crippen LogP contribution in [-0.4, -0.2) is 42.5 Å². The van der Waals surface area contributed by atoms with Crippen LogP contribution < -0.4 is 11.1 Å². The van der Waals surface area contributed by atoms with Crippen molar-refractivity contribution in [3.8, 4) is 0 Å². The average Bonchev–Trinajstić information content (AvgIpc) is 2.57. The lowest BCUT2D eigenvalue weighted by atomic mass is 9.91. The Labute approximate surface area is 135 Å². The van der Waals surface area contributed by atoms with Crippen molar-refractivity contribution in [2.45, 2.75) is 36.7 Å². The molecule has 0 spiro atoms. The Kier molecular flexibility index (Phi) is 5.99. The van der Waals surface area contributed by atoms with E-state index < -0.39 is 12.0 Å². The summed E-state index contributed by atoms with van der Waals surface area (Å²) < 4.78 is 4.63. The first-order valence-electron chi connectivity index (χ1n) is 7.27.